The molecule has 4 nitrogen and oxygen atoms in total. The summed E-state index contributed by atoms with van der Waals surface area (Å²) in [5.74, 6) is 0.645. The van der Waals surface area contributed by atoms with E-state index in [9.17, 15) is 0 Å². The third-order valence-corrected chi connectivity index (χ3v) is 12.2. The van der Waals surface area contributed by atoms with Gasteiger partial charge in [0.05, 0.1) is 26.9 Å². The van der Waals surface area contributed by atoms with Crippen LogP contribution in [0.2, 0.25) is 0 Å². The molecule has 0 spiro atoms. The normalized spacial score (nSPS) is 12.0. The first-order chi connectivity index (χ1) is 27.3. The molecule has 55 heavy (non-hydrogen) atoms. The monoisotopic (exact) mass is 719 g/mol. The lowest BCUT2D eigenvalue weighted by Gasteiger charge is -2.11. The molecule has 256 valence electrons. The van der Waals surface area contributed by atoms with Gasteiger partial charge in [0.15, 0.2) is 0 Å². The van der Waals surface area contributed by atoms with E-state index in [0.717, 1.165) is 76.0 Å². The Labute approximate surface area is 319 Å². The van der Waals surface area contributed by atoms with Gasteiger partial charge in [-0.25, -0.2) is 9.97 Å². The van der Waals surface area contributed by atoms with Crippen molar-refractivity contribution in [3.05, 3.63) is 176 Å². The molecule has 0 fully saturated rings. The minimum atomic E-state index is 0.645. The van der Waals surface area contributed by atoms with Gasteiger partial charge in [-0.05, 0) is 58.0 Å². The maximum absolute atomic E-state index is 6.80. The van der Waals surface area contributed by atoms with Gasteiger partial charge < -0.3 is 4.42 Å². The molecule has 12 rings (SSSR count). The van der Waals surface area contributed by atoms with Gasteiger partial charge in [0.25, 0.3) is 0 Å². The average Bonchev–Trinajstić information content (AvgIpc) is 3.93. The first-order valence-corrected chi connectivity index (χ1v) is 19.3. The first-order valence-electron chi connectivity index (χ1n) is 18.5. The summed E-state index contributed by atoms with van der Waals surface area (Å²) in [4.78, 5) is 10.9. The fourth-order valence-electron chi connectivity index (χ4n) is 8.55. The minimum absolute atomic E-state index is 0.645. The summed E-state index contributed by atoms with van der Waals surface area (Å²) in [6.45, 7) is 0. The van der Waals surface area contributed by atoms with Gasteiger partial charge in [0, 0.05) is 42.6 Å². The van der Waals surface area contributed by atoms with Crippen molar-refractivity contribution in [3.63, 3.8) is 0 Å². The fraction of sp³-hybridized carbons (Fsp3) is 0. The zero-order valence-corrected chi connectivity index (χ0v) is 30.2. The molecule has 0 bridgehead atoms. The fourth-order valence-corrected chi connectivity index (χ4v) is 9.70. The van der Waals surface area contributed by atoms with E-state index >= 15 is 0 Å². The van der Waals surface area contributed by atoms with Crippen LogP contribution in [-0.2, 0) is 0 Å². The van der Waals surface area contributed by atoms with Crippen LogP contribution in [0.4, 0.5) is 0 Å². The molecule has 0 saturated carbocycles. The van der Waals surface area contributed by atoms with Gasteiger partial charge >= 0.3 is 0 Å². The van der Waals surface area contributed by atoms with E-state index in [1.807, 2.05) is 0 Å². The lowest BCUT2D eigenvalue weighted by molar-refractivity contribution is 0.673. The Kier molecular flexibility index (Phi) is 6.47. The smallest absolute Gasteiger partial charge is 0.235 e. The molecular weight excluding hydrogens is 691 g/mol. The molecule has 0 unspecified atom stereocenters. The van der Waals surface area contributed by atoms with E-state index in [0.29, 0.717) is 5.95 Å². The van der Waals surface area contributed by atoms with Gasteiger partial charge in [0.1, 0.15) is 11.2 Å². The molecule has 0 atom stereocenters. The van der Waals surface area contributed by atoms with E-state index in [-0.39, 0.29) is 0 Å². The van der Waals surface area contributed by atoms with Crippen LogP contribution in [0.1, 0.15) is 0 Å². The van der Waals surface area contributed by atoms with E-state index < -0.39 is 0 Å². The predicted octanol–water partition coefficient (Wildman–Crippen LogP) is 14.0. The maximum atomic E-state index is 6.80. The second kappa shape index (κ2) is 11.7. The van der Waals surface area contributed by atoms with E-state index in [4.69, 9.17) is 14.4 Å². The number of para-hydroxylation sites is 1. The summed E-state index contributed by atoms with van der Waals surface area (Å²) < 4.78 is 11.3. The number of furan rings is 1. The van der Waals surface area contributed by atoms with Gasteiger partial charge in [-0.15, -0.1) is 11.3 Å². The Morgan fingerprint density at radius 3 is 1.89 bits per heavy atom. The summed E-state index contributed by atoms with van der Waals surface area (Å²) in [5, 5.41) is 7.88. The van der Waals surface area contributed by atoms with Crippen molar-refractivity contribution in [2.45, 2.75) is 0 Å². The highest BCUT2D eigenvalue weighted by atomic mass is 32.1. The van der Waals surface area contributed by atoms with Crippen molar-refractivity contribution >= 4 is 86.2 Å². The second-order valence-corrected chi connectivity index (χ2v) is 15.1. The number of hydrogen-bond acceptors (Lipinski definition) is 4. The number of nitrogens with zero attached hydrogens (tertiary/aromatic N) is 3. The highest BCUT2D eigenvalue weighted by Gasteiger charge is 2.24. The number of fused-ring (bicyclic) bond motifs is 12. The largest absolute Gasteiger partial charge is 0.455 e. The molecule has 0 saturated heterocycles. The molecule has 0 aliphatic heterocycles. The Morgan fingerprint density at radius 2 is 1.09 bits per heavy atom. The topological polar surface area (TPSA) is 43.9 Å². The molecule has 8 aromatic carbocycles. The third-order valence-electron chi connectivity index (χ3n) is 11.0. The standard InChI is InChI=1S/C50H29N3OS/c1-3-13-30(14-4-1)31-23-25-33(26-24-31)46-49-47(37-20-10-12-22-43(37)55-49)52-50(51-46)53-40-21-11-9-19-36(40)44-41(53)27-28-42-45(44)39-29-38(32-15-5-2-6-16-32)34-17-7-8-18-35(34)48(39)54-42/h1-29H. The third kappa shape index (κ3) is 4.51. The van der Waals surface area contributed by atoms with Gasteiger partial charge in [0.2, 0.25) is 5.95 Å². The number of rotatable bonds is 4. The van der Waals surface area contributed by atoms with Crippen molar-refractivity contribution in [1.82, 2.24) is 14.5 Å². The van der Waals surface area contributed by atoms with Crippen molar-refractivity contribution in [3.8, 4) is 39.5 Å². The summed E-state index contributed by atoms with van der Waals surface area (Å²) in [5.41, 5.74) is 11.5. The van der Waals surface area contributed by atoms with Crippen LogP contribution >= 0.6 is 11.3 Å². The lowest BCUT2D eigenvalue weighted by atomic mass is 9.94. The van der Waals surface area contributed by atoms with Crippen molar-refractivity contribution in [1.29, 1.82) is 0 Å². The number of aromatic nitrogens is 3. The van der Waals surface area contributed by atoms with E-state index in [1.165, 1.54) is 32.3 Å². The number of benzene rings is 8. The zero-order chi connectivity index (χ0) is 36.0. The Balaban J connectivity index is 1.16. The Morgan fingerprint density at radius 1 is 0.455 bits per heavy atom. The van der Waals surface area contributed by atoms with Gasteiger partial charge in [-0.1, -0.05) is 146 Å². The summed E-state index contributed by atoms with van der Waals surface area (Å²) in [7, 11) is 0. The quantitative estimate of drug-likeness (QED) is 0.182. The van der Waals surface area contributed by atoms with Gasteiger partial charge in [-0.3, -0.25) is 4.57 Å². The molecule has 12 aromatic rings. The van der Waals surface area contributed by atoms with Crippen LogP contribution in [0.3, 0.4) is 0 Å². The summed E-state index contributed by atoms with van der Waals surface area (Å²) in [6.07, 6.45) is 0. The van der Waals surface area contributed by atoms with Crippen LogP contribution in [-0.4, -0.2) is 14.5 Å². The molecule has 5 heteroatoms. The second-order valence-electron chi connectivity index (χ2n) is 14.1. The highest BCUT2D eigenvalue weighted by molar-refractivity contribution is 7.26. The molecule has 4 aromatic heterocycles. The SMILES string of the molecule is c1ccc(-c2ccc(-c3nc(-n4c5ccccc5c5c6c(ccc54)oc4c5ccccc5c(-c5ccccc5)cc46)nc4c3sc3ccccc34)cc2)cc1. The van der Waals surface area contributed by atoms with Crippen molar-refractivity contribution < 1.29 is 4.42 Å². The number of hydrogen-bond donors (Lipinski definition) is 0. The van der Waals surface area contributed by atoms with Crippen LogP contribution < -0.4 is 0 Å². The lowest BCUT2D eigenvalue weighted by Crippen LogP contribution is -2.02. The van der Waals surface area contributed by atoms with Crippen molar-refractivity contribution in [2.24, 2.45) is 0 Å². The molecule has 0 amide bonds. The molecule has 0 aliphatic carbocycles. The van der Waals surface area contributed by atoms with Gasteiger partial charge in [-0.2, -0.15) is 0 Å². The molecular formula is C50H29N3OS. The van der Waals surface area contributed by atoms with Crippen molar-refractivity contribution in [2.75, 3.05) is 0 Å². The predicted molar refractivity (Wildman–Crippen MR) is 230 cm³/mol. The average molecular weight is 720 g/mol. The maximum Gasteiger partial charge on any atom is 0.235 e. The summed E-state index contributed by atoms with van der Waals surface area (Å²) in [6, 6.07) is 62.3. The van der Waals surface area contributed by atoms with Crippen LogP contribution in [0.15, 0.2) is 180 Å². The zero-order valence-electron chi connectivity index (χ0n) is 29.4. The highest BCUT2D eigenvalue weighted by Crippen LogP contribution is 2.46. The molecule has 0 N–H and O–H groups in total. The first kappa shape index (κ1) is 30.4. The summed E-state index contributed by atoms with van der Waals surface area (Å²) >= 11 is 1.76. The Hall–Kier alpha value is -7.08. The van der Waals surface area contributed by atoms with Crippen LogP contribution in [0.25, 0.3) is 114 Å². The Bertz CT molecular complexity index is 3470. The minimum Gasteiger partial charge on any atom is -0.455 e. The van der Waals surface area contributed by atoms with E-state index in [2.05, 4.69) is 180 Å². The van der Waals surface area contributed by atoms with E-state index in [1.54, 1.807) is 11.3 Å². The number of thiophene rings is 1. The van der Waals surface area contributed by atoms with Crippen LogP contribution in [0, 0.1) is 0 Å². The molecule has 0 radical (unpaired) electrons. The molecule has 4 heterocycles. The molecule has 0 aliphatic rings. The van der Waals surface area contributed by atoms with Crippen LogP contribution in [0.5, 0.6) is 0 Å².